The molecule has 0 radical (unpaired) electrons. The van der Waals surface area contributed by atoms with E-state index in [0.717, 1.165) is 25.0 Å². The lowest BCUT2D eigenvalue weighted by atomic mass is 9.79. The zero-order valence-corrected chi connectivity index (χ0v) is 9.40. The largest absolute Gasteiger partial charge is 0.198 e. The van der Waals surface area contributed by atoms with Gasteiger partial charge in [0.1, 0.15) is 0 Å². The van der Waals surface area contributed by atoms with Crippen molar-refractivity contribution >= 4 is 0 Å². The lowest BCUT2D eigenvalue weighted by molar-refractivity contribution is 0.421. The Morgan fingerprint density at radius 2 is 1.94 bits per heavy atom. The first kappa shape index (κ1) is 9.58. The Kier molecular flexibility index (Phi) is 2.06. The third-order valence-electron chi connectivity index (χ3n) is 3.81. The molecule has 3 heteroatoms. The highest BCUT2D eigenvalue weighted by Crippen LogP contribution is 2.40. The van der Waals surface area contributed by atoms with Gasteiger partial charge in [-0.3, -0.25) is 0 Å². The molecule has 0 unspecified atom stereocenters. The van der Waals surface area contributed by atoms with Crippen LogP contribution >= 0.6 is 0 Å². The summed E-state index contributed by atoms with van der Waals surface area (Å²) in [6.45, 7) is 2.24. The number of benzene rings is 1. The molecule has 0 saturated carbocycles. The molecule has 1 aliphatic rings. The Bertz CT molecular complexity index is 463. The summed E-state index contributed by atoms with van der Waals surface area (Å²) in [5.74, 6) is 0. The Hall–Kier alpha value is -1.64. The number of H-pyrrole nitrogens is 1. The fraction of sp³-hybridized carbons (Fsp3) is 0.385. The molecule has 16 heavy (non-hydrogen) atoms. The van der Waals surface area contributed by atoms with Gasteiger partial charge in [-0.05, 0) is 30.4 Å². The van der Waals surface area contributed by atoms with Gasteiger partial charge in [0.15, 0.2) is 0 Å². The topological polar surface area (TPSA) is 41.6 Å². The second-order valence-corrected chi connectivity index (χ2v) is 4.61. The minimum atomic E-state index is 0.163. The van der Waals surface area contributed by atoms with Crippen LogP contribution in [0, 0.1) is 0 Å². The van der Waals surface area contributed by atoms with E-state index in [2.05, 4.69) is 46.6 Å². The highest BCUT2D eigenvalue weighted by atomic mass is 15.3. The maximum atomic E-state index is 4.29. The summed E-state index contributed by atoms with van der Waals surface area (Å²) < 4.78 is 0. The molecule has 1 aliphatic carbocycles. The van der Waals surface area contributed by atoms with Crippen LogP contribution in [0.1, 0.15) is 30.2 Å². The van der Waals surface area contributed by atoms with E-state index < -0.39 is 0 Å². The van der Waals surface area contributed by atoms with Crippen molar-refractivity contribution < 1.29 is 0 Å². The Labute approximate surface area is 94.9 Å². The van der Waals surface area contributed by atoms with Gasteiger partial charge >= 0.3 is 0 Å². The van der Waals surface area contributed by atoms with E-state index in [1.165, 1.54) is 11.1 Å². The van der Waals surface area contributed by atoms with Gasteiger partial charge < -0.3 is 0 Å². The minimum Gasteiger partial charge on any atom is -0.198 e. The molecule has 82 valence electrons. The van der Waals surface area contributed by atoms with Gasteiger partial charge in [-0.2, -0.15) is 15.4 Å². The van der Waals surface area contributed by atoms with Crippen LogP contribution in [0.5, 0.6) is 0 Å². The number of hydrogen-bond acceptors (Lipinski definition) is 2. The van der Waals surface area contributed by atoms with Crippen molar-refractivity contribution in [2.75, 3.05) is 0 Å². The van der Waals surface area contributed by atoms with Crippen LogP contribution in [-0.4, -0.2) is 15.4 Å². The summed E-state index contributed by atoms with van der Waals surface area (Å²) in [6, 6.07) is 8.69. The molecule has 0 amide bonds. The average Bonchev–Trinajstić information content (AvgIpc) is 2.96. The van der Waals surface area contributed by atoms with Crippen molar-refractivity contribution in [2.24, 2.45) is 0 Å². The molecule has 1 heterocycles. The molecule has 0 aliphatic heterocycles. The van der Waals surface area contributed by atoms with Crippen LogP contribution in [-0.2, 0) is 18.3 Å². The lowest BCUT2D eigenvalue weighted by Crippen LogP contribution is -2.26. The van der Waals surface area contributed by atoms with Gasteiger partial charge in [0.2, 0.25) is 0 Å². The molecule has 0 bridgehead atoms. The highest BCUT2D eigenvalue weighted by Gasteiger charge is 2.38. The van der Waals surface area contributed by atoms with Crippen molar-refractivity contribution in [1.29, 1.82) is 0 Å². The number of nitrogens with zero attached hydrogens (tertiary/aromatic N) is 2. The molecule has 1 aromatic heterocycles. The van der Waals surface area contributed by atoms with Crippen LogP contribution in [0.15, 0.2) is 30.5 Å². The van der Waals surface area contributed by atoms with E-state index in [4.69, 9.17) is 0 Å². The fourth-order valence-corrected chi connectivity index (χ4v) is 2.76. The third kappa shape index (κ3) is 1.28. The summed E-state index contributed by atoms with van der Waals surface area (Å²) in [4.78, 5) is 0. The first-order valence-electron chi connectivity index (χ1n) is 5.77. The monoisotopic (exact) mass is 213 g/mol. The minimum absolute atomic E-state index is 0.163. The van der Waals surface area contributed by atoms with Crippen LogP contribution in [0.3, 0.4) is 0 Å². The van der Waals surface area contributed by atoms with Crippen LogP contribution in [0.4, 0.5) is 0 Å². The van der Waals surface area contributed by atoms with E-state index in [0.29, 0.717) is 0 Å². The Morgan fingerprint density at radius 1 is 1.25 bits per heavy atom. The number of aromatic amines is 1. The van der Waals surface area contributed by atoms with Gasteiger partial charge in [-0.1, -0.05) is 31.2 Å². The predicted octanol–water partition coefficient (Wildman–Crippen LogP) is 2.25. The predicted molar refractivity (Wildman–Crippen MR) is 62.2 cm³/mol. The summed E-state index contributed by atoms with van der Waals surface area (Å²) >= 11 is 0. The zero-order chi connectivity index (χ0) is 11.0. The van der Waals surface area contributed by atoms with Gasteiger partial charge in [0.05, 0.1) is 11.9 Å². The first-order chi connectivity index (χ1) is 7.84. The standard InChI is InChI=1S/C13H15N3/c1-2-13(12-9-14-16-15-12)7-10-5-3-4-6-11(10)8-13/h3-6,9H,2,7-8H2,1H3,(H,14,15,16). The van der Waals surface area contributed by atoms with E-state index >= 15 is 0 Å². The van der Waals surface area contributed by atoms with Gasteiger partial charge in [-0.15, -0.1) is 0 Å². The molecule has 0 atom stereocenters. The molecule has 0 fully saturated rings. The lowest BCUT2D eigenvalue weighted by Gasteiger charge is -2.24. The quantitative estimate of drug-likeness (QED) is 0.831. The number of rotatable bonds is 2. The number of hydrogen-bond donors (Lipinski definition) is 1. The molecule has 0 saturated heterocycles. The maximum absolute atomic E-state index is 4.29. The molecule has 2 aromatic rings. The summed E-state index contributed by atoms with van der Waals surface area (Å²) in [5.41, 5.74) is 4.20. The Balaban J connectivity index is 2.03. The zero-order valence-electron chi connectivity index (χ0n) is 9.40. The molecule has 3 rings (SSSR count). The molecular formula is C13H15N3. The summed E-state index contributed by atoms with van der Waals surface area (Å²) in [7, 11) is 0. The second-order valence-electron chi connectivity index (χ2n) is 4.61. The van der Waals surface area contributed by atoms with Crippen molar-refractivity contribution in [3.8, 4) is 0 Å². The fourth-order valence-electron chi connectivity index (χ4n) is 2.76. The van der Waals surface area contributed by atoms with Crippen molar-refractivity contribution in [1.82, 2.24) is 15.4 Å². The number of nitrogens with one attached hydrogen (secondary N) is 1. The second kappa shape index (κ2) is 3.44. The van der Waals surface area contributed by atoms with Crippen molar-refractivity contribution in [3.63, 3.8) is 0 Å². The average molecular weight is 213 g/mol. The Morgan fingerprint density at radius 3 is 2.44 bits per heavy atom. The highest BCUT2D eigenvalue weighted by molar-refractivity contribution is 5.39. The van der Waals surface area contributed by atoms with Crippen LogP contribution < -0.4 is 0 Å². The van der Waals surface area contributed by atoms with Gasteiger partial charge in [0, 0.05) is 5.41 Å². The van der Waals surface area contributed by atoms with Gasteiger partial charge in [0.25, 0.3) is 0 Å². The number of fused-ring (bicyclic) bond motifs is 1. The van der Waals surface area contributed by atoms with Crippen molar-refractivity contribution in [2.45, 2.75) is 31.6 Å². The number of aromatic nitrogens is 3. The van der Waals surface area contributed by atoms with E-state index in [9.17, 15) is 0 Å². The maximum Gasteiger partial charge on any atom is 0.0892 e. The summed E-state index contributed by atoms with van der Waals surface area (Å²) in [5, 5.41) is 11.0. The first-order valence-corrected chi connectivity index (χ1v) is 5.77. The van der Waals surface area contributed by atoms with Crippen LogP contribution in [0.2, 0.25) is 0 Å². The van der Waals surface area contributed by atoms with E-state index in [1.54, 1.807) is 0 Å². The summed E-state index contributed by atoms with van der Waals surface area (Å²) in [6.07, 6.45) is 5.15. The third-order valence-corrected chi connectivity index (χ3v) is 3.81. The van der Waals surface area contributed by atoms with E-state index in [1.807, 2.05) is 6.20 Å². The SMILES string of the molecule is CCC1(c2cn[nH]n2)Cc2ccccc2C1. The van der Waals surface area contributed by atoms with E-state index in [-0.39, 0.29) is 5.41 Å². The molecule has 3 nitrogen and oxygen atoms in total. The normalized spacial score (nSPS) is 17.3. The smallest absolute Gasteiger partial charge is 0.0892 e. The molecule has 1 N–H and O–H groups in total. The van der Waals surface area contributed by atoms with Gasteiger partial charge in [-0.25, -0.2) is 0 Å². The van der Waals surface area contributed by atoms with Crippen LogP contribution in [0.25, 0.3) is 0 Å². The molecule has 0 spiro atoms. The van der Waals surface area contributed by atoms with Crippen molar-refractivity contribution in [3.05, 3.63) is 47.3 Å². The molecule has 1 aromatic carbocycles. The molecular weight excluding hydrogens is 198 g/mol.